The summed E-state index contributed by atoms with van der Waals surface area (Å²) in [5.41, 5.74) is 4.77. The van der Waals surface area contributed by atoms with E-state index in [-0.39, 0.29) is 18.0 Å². The van der Waals surface area contributed by atoms with E-state index in [0.29, 0.717) is 37.4 Å². The summed E-state index contributed by atoms with van der Waals surface area (Å²) < 4.78 is 3.37. The van der Waals surface area contributed by atoms with Crippen LogP contribution in [0, 0.1) is 13.8 Å². The minimum absolute atomic E-state index is 0.0247. The Morgan fingerprint density at radius 2 is 1.84 bits per heavy atom. The molecule has 1 aliphatic carbocycles. The minimum Gasteiger partial charge on any atom is -0.351 e. The molecule has 31 heavy (non-hydrogen) atoms. The van der Waals surface area contributed by atoms with Gasteiger partial charge in [0.05, 0.1) is 12.0 Å². The molecule has 0 saturated carbocycles. The number of nitrogens with zero attached hydrogens (tertiary/aromatic N) is 7. The number of hydrogen-bond donors (Lipinski definition) is 0. The highest BCUT2D eigenvalue weighted by Crippen LogP contribution is 2.30. The van der Waals surface area contributed by atoms with E-state index in [1.165, 1.54) is 35.0 Å². The van der Waals surface area contributed by atoms with Crippen molar-refractivity contribution in [3.63, 3.8) is 0 Å². The van der Waals surface area contributed by atoms with Crippen LogP contribution in [0.2, 0.25) is 0 Å². The summed E-state index contributed by atoms with van der Waals surface area (Å²) in [6.07, 6.45) is 9.66. The number of piperazine rings is 1. The van der Waals surface area contributed by atoms with E-state index in [9.17, 15) is 9.59 Å². The number of carbonyl (C=O) groups excluding carboxylic acids is 1. The number of carbonyl (C=O) groups is 1. The molecule has 1 saturated heterocycles. The van der Waals surface area contributed by atoms with Gasteiger partial charge in [-0.1, -0.05) is 0 Å². The minimum atomic E-state index is -0.152. The van der Waals surface area contributed by atoms with Gasteiger partial charge in [-0.3, -0.25) is 14.2 Å². The van der Waals surface area contributed by atoms with Crippen LogP contribution in [0.3, 0.4) is 0 Å². The van der Waals surface area contributed by atoms with Gasteiger partial charge in [-0.15, -0.1) is 0 Å². The van der Waals surface area contributed by atoms with Crippen LogP contribution in [0.5, 0.6) is 0 Å². The first-order valence-electron chi connectivity index (χ1n) is 10.9. The molecule has 1 fully saturated rings. The smallest absolute Gasteiger partial charge is 0.256 e. The van der Waals surface area contributed by atoms with Gasteiger partial charge in [0.1, 0.15) is 12.1 Å². The lowest BCUT2D eigenvalue weighted by atomic mass is 9.97. The number of hydrogen-bond acceptors (Lipinski definition) is 6. The maximum Gasteiger partial charge on any atom is 0.256 e. The summed E-state index contributed by atoms with van der Waals surface area (Å²) in [5, 5.41) is 4.77. The molecule has 2 aliphatic rings. The van der Waals surface area contributed by atoms with E-state index < -0.39 is 0 Å². The normalized spacial score (nSPS) is 16.6. The number of anilines is 1. The first-order chi connectivity index (χ1) is 15.0. The molecule has 0 radical (unpaired) electrons. The van der Waals surface area contributed by atoms with Crippen molar-refractivity contribution in [3.8, 4) is 0 Å². The molecule has 0 N–H and O–H groups in total. The molecule has 9 nitrogen and oxygen atoms in total. The third-order valence-electron chi connectivity index (χ3n) is 6.55. The Bertz CT molecular complexity index is 1200. The maximum atomic E-state index is 12.8. The second-order valence-corrected chi connectivity index (χ2v) is 8.43. The van der Waals surface area contributed by atoms with Gasteiger partial charge in [0, 0.05) is 55.4 Å². The lowest BCUT2D eigenvalue weighted by molar-refractivity contribution is -0.132. The van der Waals surface area contributed by atoms with E-state index in [0.717, 1.165) is 24.2 Å². The Morgan fingerprint density at radius 3 is 2.65 bits per heavy atom. The van der Waals surface area contributed by atoms with Crippen LogP contribution in [-0.4, -0.2) is 61.1 Å². The zero-order chi connectivity index (χ0) is 21.5. The van der Waals surface area contributed by atoms with E-state index in [4.69, 9.17) is 5.10 Å². The SMILES string of the molecule is Cc1ncn(CC(=O)N2CCN(c3nccn4nc5c(c34)CCCC5)CC2)c(=O)c1C. The molecule has 4 heterocycles. The summed E-state index contributed by atoms with van der Waals surface area (Å²) >= 11 is 0. The highest BCUT2D eigenvalue weighted by Gasteiger charge is 2.26. The topological polar surface area (TPSA) is 88.6 Å². The lowest BCUT2D eigenvalue weighted by Gasteiger charge is -2.35. The molecule has 0 bridgehead atoms. The largest absolute Gasteiger partial charge is 0.351 e. The van der Waals surface area contributed by atoms with Crippen LogP contribution in [-0.2, 0) is 24.2 Å². The Labute approximate surface area is 180 Å². The monoisotopic (exact) mass is 421 g/mol. The van der Waals surface area contributed by atoms with Gasteiger partial charge in [-0.2, -0.15) is 5.10 Å². The second kappa shape index (κ2) is 7.79. The van der Waals surface area contributed by atoms with Crippen molar-refractivity contribution in [1.82, 2.24) is 29.0 Å². The Kier molecular flexibility index (Phi) is 4.95. The summed E-state index contributed by atoms with van der Waals surface area (Å²) in [7, 11) is 0. The van der Waals surface area contributed by atoms with Crippen LogP contribution in [0.15, 0.2) is 23.5 Å². The Hall–Kier alpha value is -3.23. The van der Waals surface area contributed by atoms with Crippen molar-refractivity contribution in [2.24, 2.45) is 0 Å². The molecule has 1 amide bonds. The molecule has 162 valence electrons. The van der Waals surface area contributed by atoms with E-state index in [2.05, 4.69) is 14.9 Å². The Balaban J connectivity index is 1.31. The van der Waals surface area contributed by atoms with Crippen molar-refractivity contribution < 1.29 is 4.79 Å². The van der Waals surface area contributed by atoms with Crippen molar-refractivity contribution in [3.05, 3.63) is 51.6 Å². The fourth-order valence-electron chi connectivity index (χ4n) is 4.58. The van der Waals surface area contributed by atoms with Crippen LogP contribution in [0.1, 0.15) is 35.4 Å². The number of aromatic nitrogens is 5. The summed E-state index contributed by atoms with van der Waals surface area (Å²) in [5.74, 6) is 0.902. The van der Waals surface area contributed by atoms with Gasteiger partial charge < -0.3 is 9.80 Å². The third kappa shape index (κ3) is 3.47. The molecule has 0 unspecified atom stereocenters. The number of rotatable bonds is 3. The number of aryl methyl sites for hydroxylation is 3. The van der Waals surface area contributed by atoms with Crippen molar-refractivity contribution in [1.29, 1.82) is 0 Å². The van der Waals surface area contributed by atoms with Crippen LogP contribution in [0.4, 0.5) is 5.82 Å². The highest BCUT2D eigenvalue weighted by atomic mass is 16.2. The molecular weight excluding hydrogens is 394 g/mol. The fraction of sp³-hybridized carbons (Fsp3) is 0.500. The summed E-state index contributed by atoms with van der Waals surface area (Å²) in [6.45, 7) is 6.19. The highest BCUT2D eigenvalue weighted by molar-refractivity contribution is 5.77. The van der Waals surface area contributed by atoms with Crippen molar-refractivity contribution in [2.75, 3.05) is 31.1 Å². The second-order valence-electron chi connectivity index (χ2n) is 8.43. The number of fused-ring (bicyclic) bond motifs is 3. The van der Waals surface area contributed by atoms with Gasteiger partial charge in [0.15, 0.2) is 5.82 Å². The molecule has 0 spiro atoms. The van der Waals surface area contributed by atoms with Gasteiger partial charge >= 0.3 is 0 Å². The standard InChI is InChI=1S/C22H27N7O2/c1-15-16(2)24-14-28(22(15)31)13-19(30)26-9-11-27(12-10-26)21-20-17-5-3-4-6-18(17)25-29(20)8-7-23-21/h7-8,14H,3-6,9-13H2,1-2H3. The van der Waals surface area contributed by atoms with E-state index in [1.54, 1.807) is 20.0 Å². The molecule has 9 heteroatoms. The van der Waals surface area contributed by atoms with Gasteiger partial charge in [0.2, 0.25) is 5.91 Å². The summed E-state index contributed by atoms with van der Waals surface area (Å²) in [4.78, 5) is 38.2. The van der Waals surface area contributed by atoms with Crippen LogP contribution in [0.25, 0.3) is 5.52 Å². The quantitative estimate of drug-likeness (QED) is 0.630. The first-order valence-corrected chi connectivity index (χ1v) is 10.9. The lowest BCUT2D eigenvalue weighted by Crippen LogP contribution is -2.50. The van der Waals surface area contributed by atoms with Crippen molar-refractivity contribution >= 4 is 17.2 Å². The van der Waals surface area contributed by atoms with Gasteiger partial charge in [0.25, 0.3) is 5.56 Å². The molecule has 3 aromatic heterocycles. The van der Waals surface area contributed by atoms with Crippen molar-refractivity contribution in [2.45, 2.75) is 46.1 Å². The zero-order valence-electron chi connectivity index (χ0n) is 18.0. The zero-order valence-corrected chi connectivity index (χ0v) is 18.0. The predicted octanol–water partition coefficient (Wildman–Crippen LogP) is 1.13. The third-order valence-corrected chi connectivity index (χ3v) is 6.55. The molecular formula is C22H27N7O2. The summed E-state index contributed by atoms with van der Waals surface area (Å²) in [6, 6.07) is 0. The maximum absolute atomic E-state index is 12.8. The molecule has 5 rings (SSSR count). The fourth-order valence-corrected chi connectivity index (χ4v) is 4.58. The van der Waals surface area contributed by atoms with Gasteiger partial charge in [-0.25, -0.2) is 14.5 Å². The average Bonchev–Trinajstić information content (AvgIpc) is 3.18. The molecule has 3 aromatic rings. The first kappa shape index (κ1) is 19.7. The van der Waals surface area contributed by atoms with E-state index in [1.807, 2.05) is 15.6 Å². The predicted molar refractivity (Wildman–Crippen MR) is 116 cm³/mol. The molecule has 1 aliphatic heterocycles. The van der Waals surface area contributed by atoms with E-state index >= 15 is 0 Å². The number of amides is 1. The molecule has 0 atom stereocenters. The van der Waals surface area contributed by atoms with Gasteiger partial charge in [-0.05, 0) is 39.5 Å². The van der Waals surface area contributed by atoms with Crippen LogP contribution >= 0.6 is 0 Å². The average molecular weight is 422 g/mol. The Morgan fingerprint density at radius 1 is 1.06 bits per heavy atom. The van der Waals surface area contributed by atoms with Crippen LogP contribution < -0.4 is 10.5 Å². The molecule has 0 aromatic carbocycles.